The van der Waals surface area contributed by atoms with Crippen molar-refractivity contribution in [1.29, 1.82) is 0 Å². The van der Waals surface area contributed by atoms with Crippen molar-refractivity contribution in [2.45, 2.75) is 6.42 Å². The molecule has 3 aromatic rings. The Bertz CT molecular complexity index is 1100. The summed E-state index contributed by atoms with van der Waals surface area (Å²) in [7, 11) is 0. The average molecular weight is 380 g/mol. The fourth-order valence-corrected chi connectivity index (χ4v) is 3.15. The zero-order valence-corrected chi connectivity index (χ0v) is 15.8. The summed E-state index contributed by atoms with van der Waals surface area (Å²) in [5.74, 6) is -0.328. The first-order chi connectivity index (χ1) is 14.2. The Kier molecular flexibility index (Phi) is 5.34. The molecule has 0 heterocycles. The molecule has 1 aliphatic carbocycles. The molecule has 0 aromatic heterocycles. The van der Waals surface area contributed by atoms with Gasteiger partial charge in [0.05, 0.1) is 0 Å². The van der Waals surface area contributed by atoms with Crippen LogP contribution in [0.15, 0.2) is 103 Å². The van der Waals surface area contributed by atoms with Crippen molar-refractivity contribution in [3.8, 4) is 11.1 Å². The molecule has 0 atom stereocenters. The van der Waals surface area contributed by atoms with Gasteiger partial charge >= 0.3 is 0 Å². The van der Waals surface area contributed by atoms with Crippen molar-refractivity contribution in [3.63, 3.8) is 0 Å². The van der Waals surface area contributed by atoms with E-state index in [1.807, 2.05) is 66.7 Å². The minimum absolute atomic E-state index is 0.130. The highest BCUT2D eigenvalue weighted by atomic mass is 16.2. The summed E-state index contributed by atoms with van der Waals surface area (Å²) in [4.78, 5) is 24.8. The summed E-state index contributed by atoms with van der Waals surface area (Å²) in [6.45, 7) is 0. The Labute approximate surface area is 169 Å². The second kappa shape index (κ2) is 8.40. The number of anilines is 2. The second-order valence-corrected chi connectivity index (χ2v) is 6.76. The zero-order valence-electron chi connectivity index (χ0n) is 15.8. The van der Waals surface area contributed by atoms with E-state index in [4.69, 9.17) is 0 Å². The van der Waals surface area contributed by atoms with E-state index in [0.29, 0.717) is 23.4 Å². The van der Waals surface area contributed by atoms with Gasteiger partial charge in [-0.15, -0.1) is 0 Å². The number of amides is 2. The third kappa shape index (κ3) is 4.50. The van der Waals surface area contributed by atoms with Gasteiger partial charge in [0.1, 0.15) is 0 Å². The molecule has 3 aromatic carbocycles. The topological polar surface area (TPSA) is 58.2 Å². The monoisotopic (exact) mass is 380 g/mol. The van der Waals surface area contributed by atoms with Gasteiger partial charge in [-0.25, -0.2) is 0 Å². The molecule has 1 aliphatic rings. The van der Waals surface area contributed by atoms with Crippen molar-refractivity contribution in [2.75, 3.05) is 10.6 Å². The van der Waals surface area contributed by atoms with Crippen molar-refractivity contribution in [2.24, 2.45) is 0 Å². The van der Waals surface area contributed by atoms with E-state index in [2.05, 4.69) is 10.6 Å². The van der Waals surface area contributed by atoms with Crippen LogP contribution < -0.4 is 10.6 Å². The SMILES string of the molecule is O=C(Nc1cccc(NC(=O)c2ccc(-c3ccccc3)cc2)c1)C1=CC=CC1. The van der Waals surface area contributed by atoms with E-state index < -0.39 is 0 Å². The van der Waals surface area contributed by atoms with Gasteiger partial charge in [-0.3, -0.25) is 9.59 Å². The first-order valence-electron chi connectivity index (χ1n) is 9.43. The maximum Gasteiger partial charge on any atom is 0.255 e. The molecule has 29 heavy (non-hydrogen) atoms. The lowest BCUT2D eigenvalue weighted by Crippen LogP contribution is -2.14. The van der Waals surface area contributed by atoms with Gasteiger partial charge in [0.2, 0.25) is 0 Å². The van der Waals surface area contributed by atoms with Crippen molar-refractivity contribution in [1.82, 2.24) is 0 Å². The Morgan fingerprint density at radius 1 is 0.690 bits per heavy atom. The highest BCUT2D eigenvalue weighted by Crippen LogP contribution is 2.21. The first kappa shape index (κ1) is 18.4. The van der Waals surface area contributed by atoms with Gasteiger partial charge in [-0.05, 0) is 47.9 Å². The number of hydrogen-bond acceptors (Lipinski definition) is 2. The van der Waals surface area contributed by atoms with Crippen LogP contribution in [-0.4, -0.2) is 11.8 Å². The lowest BCUT2D eigenvalue weighted by molar-refractivity contribution is -0.112. The van der Waals surface area contributed by atoms with Gasteiger partial charge in [0.25, 0.3) is 11.8 Å². The Morgan fingerprint density at radius 3 is 2.00 bits per heavy atom. The van der Waals surface area contributed by atoms with Crippen molar-refractivity contribution < 1.29 is 9.59 Å². The van der Waals surface area contributed by atoms with Crippen LogP contribution in [0.25, 0.3) is 11.1 Å². The van der Waals surface area contributed by atoms with Crippen LogP contribution >= 0.6 is 0 Å². The summed E-state index contributed by atoms with van der Waals surface area (Å²) >= 11 is 0. The zero-order chi connectivity index (χ0) is 20.1. The molecule has 4 heteroatoms. The number of benzene rings is 3. The molecule has 0 aliphatic heterocycles. The van der Waals surface area contributed by atoms with Crippen LogP contribution in [-0.2, 0) is 4.79 Å². The first-order valence-corrected chi connectivity index (χ1v) is 9.43. The normalized spacial score (nSPS) is 12.3. The molecule has 142 valence electrons. The van der Waals surface area contributed by atoms with Gasteiger partial charge in [0.15, 0.2) is 0 Å². The molecule has 0 unspecified atom stereocenters. The predicted molar refractivity (Wildman–Crippen MR) is 117 cm³/mol. The van der Waals surface area contributed by atoms with Crippen LogP contribution in [0.4, 0.5) is 11.4 Å². The summed E-state index contributed by atoms with van der Waals surface area (Å²) in [6, 6.07) is 24.6. The number of hydrogen-bond donors (Lipinski definition) is 2. The second-order valence-electron chi connectivity index (χ2n) is 6.76. The molecule has 0 spiro atoms. The summed E-state index contributed by atoms with van der Waals surface area (Å²) < 4.78 is 0. The Morgan fingerprint density at radius 2 is 1.34 bits per heavy atom. The molecule has 0 bridgehead atoms. The van der Waals surface area contributed by atoms with E-state index in [1.165, 1.54) is 0 Å². The summed E-state index contributed by atoms with van der Waals surface area (Å²) in [6.07, 6.45) is 6.25. The number of carbonyl (C=O) groups is 2. The van der Waals surface area contributed by atoms with E-state index in [1.54, 1.807) is 30.3 Å². The minimum atomic E-state index is -0.198. The van der Waals surface area contributed by atoms with E-state index in [-0.39, 0.29) is 11.8 Å². The lowest BCUT2D eigenvalue weighted by Gasteiger charge is -2.10. The van der Waals surface area contributed by atoms with Crippen LogP contribution in [0.5, 0.6) is 0 Å². The highest BCUT2D eigenvalue weighted by Gasteiger charge is 2.11. The quantitative estimate of drug-likeness (QED) is 0.620. The fraction of sp³-hybridized carbons (Fsp3) is 0.0400. The molecule has 4 rings (SSSR count). The molecular formula is C25H20N2O2. The van der Waals surface area contributed by atoms with Crippen LogP contribution in [0, 0.1) is 0 Å². The lowest BCUT2D eigenvalue weighted by atomic mass is 10.0. The molecular weight excluding hydrogens is 360 g/mol. The summed E-state index contributed by atoms with van der Waals surface area (Å²) in [5, 5.41) is 5.75. The van der Waals surface area contributed by atoms with Gasteiger partial charge < -0.3 is 10.6 Å². The maximum absolute atomic E-state index is 12.6. The largest absolute Gasteiger partial charge is 0.322 e. The third-order valence-electron chi connectivity index (χ3n) is 4.70. The number of allylic oxidation sites excluding steroid dienone is 3. The predicted octanol–water partition coefficient (Wildman–Crippen LogP) is 5.43. The van der Waals surface area contributed by atoms with Gasteiger partial charge in [-0.2, -0.15) is 0 Å². The average Bonchev–Trinajstić information content (AvgIpc) is 3.30. The summed E-state index contributed by atoms with van der Waals surface area (Å²) in [5.41, 5.74) is 4.72. The van der Waals surface area contributed by atoms with Crippen LogP contribution in [0.2, 0.25) is 0 Å². The molecule has 0 saturated heterocycles. The molecule has 2 N–H and O–H groups in total. The maximum atomic E-state index is 12.6. The highest BCUT2D eigenvalue weighted by molar-refractivity contribution is 6.06. The Hall–Kier alpha value is -3.92. The van der Waals surface area contributed by atoms with E-state index >= 15 is 0 Å². The standard InChI is InChI=1S/C25H20N2O2/c28-24(20-9-4-5-10-20)26-22-11-6-12-23(17-22)27-25(29)21-15-13-19(14-16-21)18-7-2-1-3-8-18/h1-9,11-17H,10H2,(H,26,28)(H,27,29). The number of carbonyl (C=O) groups excluding carboxylic acids is 2. The van der Waals surface area contributed by atoms with Crippen LogP contribution in [0.3, 0.4) is 0 Å². The van der Waals surface area contributed by atoms with E-state index in [0.717, 1.165) is 16.7 Å². The van der Waals surface area contributed by atoms with Crippen molar-refractivity contribution in [3.05, 3.63) is 108 Å². The molecule has 0 saturated carbocycles. The molecule has 0 radical (unpaired) electrons. The van der Waals surface area contributed by atoms with Gasteiger partial charge in [-0.1, -0.05) is 66.8 Å². The van der Waals surface area contributed by atoms with Crippen LogP contribution in [0.1, 0.15) is 16.8 Å². The smallest absolute Gasteiger partial charge is 0.255 e. The van der Waals surface area contributed by atoms with Crippen molar-refractivity contribution >= 4 is 23.2 Å². The van der Waals surface area contributed by atoms with Gasteiger partial charge in [0, 0.05) is 22.5 Å². The molecule has 4 nitrogen and oxygen atoms in total. The number of nitrogens with one attached hydrogen (secondary N) is 2. The molecule has 0 fully saturated rings. The number of rotatable bonds is 5. The fourth-order valence-electron chi connectivity index (χ4n) is 3.15. The van der Waals surface area contributed by atoms with E-state index in [9.17, 15) is 9.59 Å². The minimum Gasteiger partial charge on any atom is -0.322 e. The Balaban J connectivity index is 1.42. The third-order valence-corrected chi connectivity index (χ3v) is 4.70. The molecule has 2 amide bonds.